The third kappa shape index (κ3) is 3.41. The molecule has 0 spiro atoms. The minimum atomic E-state index is -0.559. The molecule has 0 aromatic heterocycles. The van der Waals surface area contributed by atoms with Crippen LogP contribution in [0.5, 0.6) is 5.75 Å². The maximum atomic E-state index is 13.7. The quantitative estimate of drug-likeness (QED) is 0.717. The Morgan fingerprint density at radius 2 is 2.00 bits per heavy atom. The number of hydrogen-bond acceptors (Lipinski definition) is 2. The van der Waals surface area contributed by atoms with Crippen molar-refractivity contribution in [3.05, 3.63) is 62.6 Å². The molecular formula is C15H10BrClF2O2. The first kappa shape index (κ1) is 15.9. The number of rotatable bonds is 4. The molecule has 0 atom stereocenters. The van der Waals surface area contributed by atoms with Crippen molar-refractivity contribution in [2.45, 2.75) is 6.42 Å². The minimum Gasteiger partial charge on any atom is -0.496 e. The van der Waals surface area contributed by atoms with E-state index >= 15 is 0 Å². The highest BCUT2D eigenvalue weighted by atomic mass is 79.9. The summed E-state index contributed by atoms with van der Waals surface area (Å²) in [6.07, 6.45) is -0.236. The number of Topliss-reactive ketones (excluding diaryl/α,β-unsaturated/α-hetero) is 1. The Morgan fingerprint density at radius 1 is 1.29 bits per heavy atom. The van der Waals surface area contributed by atoms with Crippen LogP contribution in [-0.4, -0.2) is 12.9 Å². The molecule has 0 saturated heterocycles. The van der Waals surface area contributed by atoms with Crippen LogP contribution >= 0.6 is 27.5 Å². The topological polar surface area (TPSA) is 26.3 Å². The van der Waals surface area contributed by atoms with Crippen molar-refractivity contribution in [3.8, 4) is 5.75 Å². The summed E-state index contributed by atoms with van der Waals surface area (Å²) in [5, 5.41) is 0.170. The Balaban J connectivity index is 2.39. The Labute approximate surface area is 133 Å². The zero-order chi connectivity index (χ0) is 15.6. The highest BCUT2D eigenvalue weighted by Crippen LogP contribution is 2.29. The van der Waals surface area contributed by atoms with Gasteiger partial charge in [0.05, 0.1) is 17.1 Å². The summed E-state index contributed by atoms with van der Waals surface area (Å²) in [5.41, 5.74) is 0.261. The second-order valence-electron chi connectivity index (χ2n) is 4.27. The van der Waals surface area contributed by atoms with Crippen LogP contribution in [0.2, 0.25) is 5.02 Å². The SMILES string of the molecule is COc1cc(F)c(Br)cc1C(=O)Cc1c(F)cccc1Cl. The Morgan fingerprint density at radius 3 is 2.62 bits per heavy atom. The predicted octanol–water partition coefficient (Wildman–Crippen LogP) is 4.81. The number of methoxy groups -OCH3 is 1. The second-order valence-corrected chi connectivity index (χ2v) is 5.53. The van der Waals surface area contributed by atoms with E-state index in [1.165, 1.54) is 31.4 Å². The Kier molecular flexibility index (Phi) is 4.96. The molecule has 2 nitrogen and oxygen atoms in total. The van der Waals surface area contributed by atoms with Crippen molar-refractivity contribution in [1.29, 1.82) is 0 Å². The lowest BCUT2D eigenvalue weighted by atomic mass is 10.0. The summed E-state index contributed by atoms with van der Waals surface area (Å²) in [4.78, 5) is 12.3. The monoisotopic (exact) mass is 374 g/mol. The fourth-order valence-corrected chi connectivity index (χ4v) is 2.45. The first-order chi connectivity index (χ1) is 9.93. The zero-order valence-corrected chi connectivity index (χ0v) is 13.3. The fraction of sp³-hybridized carbons (Fsp3) is 0.133. The van der Waals surface area contributed by atoms with Gasteiger partial charge in [0.2, 0.25) is 0 Å². The first-order valence-corrected chi connectivity index (χ1v) is 7.10. The molecule has 0 aliphatic heterocycles. The molecule has 0 aliphatic rings. The van der Waals surface area contributed by atoms with Crippen LogP contribution in [0, 0.1) is 11.6 Å². The highest BCUT2D eigenvalue weighted by Gasteiger charge is 2.19. The number of halogens is 4. The number of ketones is 1. The van der Waals surface area contributed by atoms with Crippen LogP contribution in [-0.2, 0) is 6.42 Å². The van der Waals surface area contributed by atoms with Gasteiger partial charge in [-0.3, -0.25) is 4.79 Å². The van der Waals surface area contributed by atoms with Gasteiger partial charge in [0, 0.05) is 23.1 Å². The van der Waals surface area contributed by atoms with Crippen molar-refractivity contribution < 1.29 is 18.3 Å². The van der Waals surface area contributed by atoms with Gasteiger partial charge in [-0.1, -0.05) is 17.7 Å². The maximum absolute atomic E-state index is 13.7. The van der Waals surface area contributed by atoms with E-state index < -0.39 is 17.4 Å². The van der Waals surface area contributed by atoms with Crippen LogP contribution in [0.25, 0.3) is 0 Å². The third-order valence-corrected chi connectivity index (χ3v) is 3.90. The summed E-state index contributed by atoms with van der Waals surface area (Å²) in [5.74, 6) is -1.43. The number of hydrogen-bond donors (Lipinski definition) is 0. The zero-order valence-electron chi connectivity index (χ0n) is 10.9. The molecule has 0 radical (unpaired) electrons. The molecule has 0 fully saturated rings. The third-order valence-electron chi connectivity index (χ3n) is 2.94. The number of carbonyl (C=O) groups is 1. The molecule has 110 valence electrons. The highest BCUT2D eigenvalue weighted by molar-refractivity contribution is 9.10. The molecule has 2 aromatic rings. The first-order valence-electron chi connectivity index (χ1n) is 5.93. The van der Waals surface area contributed by atoms with E-state index in [1.807, 2.05) is 0 Å². The van der Waals surface area contributed by atoms with E-state index in [-0.39, 0.29) is 32.8 Å². The van der Waals surface area contributed by atoms with Crippen LogP contribution in [0.4, 0.5) is 8.78 Å². The number of carbonyl (C=O) groups excluding carboxylic acids is 1. The predicted molar refractivity (Wildman–Crippen MR) is 80.1 cm³/mol. The van der Waals surface area contributed by atoms with E-state index in [0.29, 0.717) is 0 Å². The second kappa shape index (κ2) is 6.54. The van der Waals surface area contributed by atoms with Gasteiger partial charge in [-0.2, -0.15) is 0 Å². The molecule has 0 amide bonds. The fourth-order valence-electron chi connectivity index (χ4n) is 1.87. The lowest BCUT2D eigenvalue weighted by Crippen LogP contribution is -2.08. The molecule has 0 aliphatic carbocycles. The minimum absolute atomic E-state index is 0.0909. The van der Waals surface area contributed by atoms with Gasteiger partial charge in [-0.05, 0) is 34.1 Å². The summed E-state index contributed by atoms with van der Waals surface area (Å²) >= 11 is 8.91. The van der Waals surface area contributed by atoms with Crippen molar-refractivity contribution in [3.63, 3.8) is 0 Å². The van der Waals surface area contributed by atoms with Crippen LogP contribution < -0.4 is 4.74 Å². The average molecular weight is 376 g/mol. The molecule has 0 bridgehead atoms. The van der Waals surface area contributed by atoms with E-state index in [9.17, 15) is 13.6 Å². The van der Waals surface area contributed by atoms with Gasteiger partial charge in [0.1, 0.15) is 17.4 Å². The van der Waals surface area contributed by atoms with Gasteiger partial charge in [0.25, 0.3) is 0 Å². The lowest BCUT2D eigenvalue weighted by molar-refractivity contribution is 0.0988. The Bertz CT molecular complexity index is 684. The van der Waals surface area contributed by atoms with Gasteiger partial charge in [-0.25, -0.2) is 8.78 Å². The van der Waals surface area contributed by atoms with E-state index in [4.69, 9.17) is 16.3 Å². The summed E-state index contributed by atoms with van der Waals surface area (Å²) in [6.45, 7) is 0. The summed E-state index contributed by atoms with van der Waals surface area (Å²) < 4.78 is 32.3. The van der Waals surface area contributed by atoms with Gasteiger partial charge in [-0.15, -0.1) is 0 Å². The van der Waals surface area contributed by atoms with Crippen LogP contribution in [0.15, 0.2) is 34.8 Å². The van der Waals surface area contributed by atoms with E-state index in [0.717, 1.165) is 6.07 Å². The molecule has 0 saturated carbocycles. The van der Waals surface area contributed by atoms with E-state index in [2.05, 4.69) is 15.9 Å². The molecule has 2 rings (SSSR count). The molecule has 6 heteroatoms. The standard InChI is InChI=1S/C15H10BrClF2O2/c1-21-15-7-13(19)10(16)5-9(15)14(20)6-8-11(17)3-2-4-12(8)18/h2-5,7H,6H2,1H3. The smallest absolute Gasteiger partial charge is 0.171 e. The van der Waals surface area contributed by atoms with Crippen molar-refractivity contribution in [2.75, 3.05) is 7.11 Å². The van der Waals surface area contributed by atoms with Gasteiger partial charge >= 0.3 is 0 Å². The van der Waals surface area contributed by atoms with Gasteiger partial charge < -0.3 is 4.74 Å². The summed E-state index contributed by atoms with van der Waals surface area (Å²) in [7, 11) is 1.33. The molecule has 0 N–H and O–H groups in total. The molecule has 2 aromatic carbocycles. The summed E-state index contributed by atoms with van der Waals surface area (Å²) in [6, 6.07) is 6.60. The average Bonchev–Trinajstić information content (AvgIpc) is 2.45. The number of ether oxygens (including phenoxy) is 1. The Hall–Kier alpha value is -1.46. The largest absolute Gasteiger partial charge is 0.496 e. The molecular weight excluding hydrogens is 366 g/mol. The van der Waals surface area contributed by atoms with Gasteiger partial charge in [0.15, 0.2) is 5.78 Å². The lowest BCUT2D eigenvalue weighted by Gasteiger charge is -2.10. The van der Waals surface area contributed by atoms with Crippen LogP contribution in [0.1, 0.15) is 15.9 Å². The van der Waals surface area contributed by atoms with Crippen LogP contribution in [0.3, 0.4) is 0 Å². The van der Waals surface area contributed by atoms with E-state index in [1.54, 1.807) is 0 Å². The molecule has 0 heterocycles. The molecule has 21 heavy (non-hydrogen) atoms. The van der Waals surface area contributed by atoms with Crippen molar-refractivity contribution >= 4 is 33.3 Å². The van der Waals surface area contributed by atoms with Crippen molar-refractivity contribution in [1.82, 2.24) is 0 Å². The number of benzene rings is 2. The van der Waals surface area contributed by atoms with Crippen molar-refractivity contribution in [2.24, 2.45) is 0 Å². The maximum Gasteiger partial charge on any atom is 0.171 e. The normalized spacial score (nSPS) is 10.5. The molecule has 0 unspecified atom stereocenters.